The Morgan fingerprint density at radius 3 is 2.11 bits per heavy atom. The standard InChI is InChI=1S/C16H26N2/c1-12-10-13(2)16(14(3)11-12)15(4)17-18-8-6-5-7-9-18/h10-11,15,17H,5-9H2,1-4H3. The summed E-state index contributed by atoms with van der Waals surface area (Å²) in [4.78, 5) is 0. The molecule has 0 radical (unpaired) electrons. The Morgan fingerprint density at radius 1 is 1.00 bits per heavy atom. The number of aryl methyl sites for hydroxylation is 3. The van der Waals surface area contributed by atoms with E-state index < -0.39 is 0 Å². The summed E-state index contributed by atoms with van der Waals surface area (Å²) in [5.74, 6) is 0. The van der Waals surface area contributed by atoms with E-state index in [9.17, 15) is 0 Å². The minimum absolute atomic E-state index is 0.406. The van der Waals surface area contributed by atoms with E-state index >= 15 is 0 Å². The summed E-state index contributed by atoms with van der Waals surface area (Å²) >= 11 is 0. The molecule has 1 unspecified atom stereocenters. The highest BCUT2D eigenvalue weighted by molar-refractivity contribution is 5.39. The van der Waals surface area contributed by atoms with Crippen molar-refractivity contribution in [2.24, 2.45) is 0 Å². The van der Waals surface area contributed by atoms with Crippen LogP contribution in [0.15, 0.2) is 12.1 Å². The van der Waals surface area contributed by atoms with Crippen molar-refractivity contribution < 1.29 is 0 Å². The molecule has 0 bridgehead atoms. The molecule has 1 aromatic rings. The quantitative estimate of drug-likeness (QED) is 0.875. The van der Waals surface area contributed by atoms with Crippen LogP contribution in [0, 0.1) is 20.8 Å². The normalized spacial score (nSPS) is 18.9. The van der Waals surface area contributed by atoms with Crippen LogP contribution in [0.1, 0.15) is 54.5 Å². The van der Waals surface area contributed by atoms with Gasteiger partial charge < -0.3 is 0 Å². The third-order valence-corrected chi connectivity index (χ3v) is 3.90. The number of benzene rings is 1. The van der Waals surface area contributed by atoms with Crippen molar-refractivity contribution in [3.05, 3.63) is 34.4 Å². The molecular weight excluding hydrogens is 220 g/mol. The van der Waals surface area contributed by atoms with Crippen LogP contribution >= 0.6 is 0 Å². The average molecular weight is 246 g/mol. The van der Waals surface area contributed by atoms with Crippen molar-refractivity contribution >= 4 is 0 Å². The molecule has 1 heterocycles. The predicted octanol–water partition coefficient (Wildman–Crippen LogP) is 3.66. The molecule has 2 heteroatoms. The van der Waals surface area contributed by atoms with Crippen LogP contribution in [-0.4, -0.2) is 18.1 Å². The van der Waals surface area contributed by atoms with Crippen LogP contribution < -0.4 is 5.43 Å². The number of rotatable bonds is 3. The van der Waals surface area contributed by atoms with Crippen molar-refractivity contribution in [3.8, 4) is 0 Å². The number of hydrogen-bond acceptors (Lipinski definition) is 2. The maximum Gasteiger partial charge on any atom is 0.0441 e. The van der Waals surface area contributed by atoms with Crippen molar-refractivity contribution in [1.82, 2.24) is 10.4 Å². The van der Waals surface area contributed by atoms with Gasteiger partial charge in [-0.1, -0.05) is 24.1 Å². The molecular formula is C16H26N2. The first-order chi connectivity index (χ1) is 8.58. The highest BCUT2D eigenvalue weighted by Gasteiger charge is 2.16. The van der Waals surface area contributed by atoms with Crippen molar-refractivity contribution in [1.29, 1.82) is 0 Å². The molecule has 18 heavy (non-hydrogen) atoms. The lowest BCUT2D eigenvalue weighted by molar-refractivity contribution is 0.133. The SMILES string of the molecule is Cc1cc(C)c(C(C)NN2CCCCC2)c(C)c1. The summed E-state index contributed by atoms with van der Waals surface area (Å²) in [7, 11) is 0. The zero-order chi connectivity index (χ0) is 13.1. The molecule has 1 aromatic carbocycles. The van der Waals surface area contributed by atoms with E-state index in [-0.39, 0.29) is 0 Å². The fourth-order valence-corrected chi connectivity index (χ4v) is 3.24. The van der Waals surface area contributed by atoms with E-state index in [1.165, 1.54) is 54.6 Å². The average Bonchev–Trinajstić information content (AvgIpc) is 2.28. The third-order valence-electron chi connectivity index (χ3n) is 3.90. The van der Waals surface area contributed by atoms with E-state index in [4.69, 9.17) is 0 Å². The van der Waals surface area contributed by atoms with E-state index in [0.29, 0.717) is 6.04 Å². The summed E-state index contributed by atoms with van der Waals surface area (Å²) in [6, 6.07) is 4.98. The van der Waals surface area contributed by atoms with Gasteiger partial charge in [0.15, 0.2) is 0 Å². The summed E-state index contributed by atoms with van der Waals surface area (Å²) in [5, 5.41) is 2.40. The molecule has 2 rings (SSSR count). The molecule has 0 saturated carbocycles. The molecule has 1 atom stereocenters. The van der Waals surface area contributed by atoms with Crippen LogP contribution in [-0.2, 0) is 0 Å². The fourth-order valence-electron chi connectivity index (χ4n) is 3.24. The molecule has 100 valence electrons. The maximum atomic E-state index is 3.67. The first-order valence-corrected chi connectivity index (χ1v) is 7.17. The molecule has 2 nitrogen and oxygen atoms in total. The highest BCUT2D eigenvalue weighted by Crippen LogP contribution is 2.24. The van der Waals surface area contributed by atoms with E-state index in [1.807, 2.05) is 0 Å². The van der Waals surface area contributed by atoms with E-state index in [0.717, 1.165) is 0 Å². The van der Waals surface area contributed by atoms with Crippen LogP contribution in [0.25, 0.3) is 0 Å². The highest BCUT2D eigenvalue weighted by atomic mass is 15.5. The second kappa shape index (κ2) is 5.85. The smallest absolute Gasteiger partial charge is 0.0441 e. The summed E-state index contributed by atoms with van der Waals surface area (Å²) < 4.78 is 0. The zero-order valence-electron chi connectivity index (χ0n) is 12.2. The van der Waals surface area contributed by atoms with E-state index in [1.54, 1.807) is 0 Å². The topological polar surface area (TPSA) is 15.3 Å². The fraction of sp³-hybridized carbons (Fsp3) is 0.625. The number of nitrogens with one attached hydrogen (secondary N) is 1. The number of hydrazine groups is 1. The largest absolute Gasteiger partial charge is 0.248 e. The summed E-state index contributed by atoms with van der Waals surface area (Å²) in [5.41, 5.74) is 9.31. The van der Waals surface area contributed by atoms with Gasteiger partial charge in [0.25, 0.3) is 0 Å². The lowest BCUT2D eigenvalue weighted by Gasteiger charge is -2.31. The Balaban J connectivity index is 2.10. The van der Waals surface area contributed by atoms with Crippen molar-refractivity contribution in [2.45, 2.75) is 53.0 Å². The lowest BCUT2D eigenvalue weighted by Crippen LogP contribution is -2.43. The van der Waals surface area contributed by atoms with Crippen LogP contribution in [0.4, 0.5) is 0 Å². The summed E-state index contributed by atoms with van der Waals surface area (Å²) in [6.45, 7) is 11.3. The molecule has 1 aliphatic heterocycles. The first kappa shape index (κ1) is 13.6. The first-order valence-electron chi connectivity index (χ1n) is 7.17. The lowest BCUT2D eigenvalue weighted by atomic mass is 9.95. The number of nitrogens with zero attached hydrogens (tertiary/aromatic N) is 1. The predicted molar refractivity (Wildman–Crippen MR) is 77.6 cm³/mol. The Labute approximate surface area is 111 Å². The second-order valence-electron chi connectivity index (χ2n) is 5.71. The van der Waals surface area contributed by atoms with Gasteiger partial charge in [0.2, 0.25) is 0 Å². The number of hydrogen-bond donors (Lipinski definition) is 1. The van der Waals surface area contributed by atoms with Crippen LogP contribution in [0.3, 0.4) is 0 Å². The zero-order valence-corrected chi connectivity index (χ0v) is 12.2. The minimum Gasteiger partial charge on any atom is -0.248 e. The molecule has 0 aliphatic carbocycles. The molecule has 1 fully saturated rings. The van der Waals surface area contributed by atoms with Gasteiger partial charge >= 0.3 is 0 Å². The van der Waals surface area contributed by atoms with Gasteiger partial charge in [-0.2, -0.15) is 0 Å². The van der Waals surface area contributed by atoms with Gasteiger partial charge in [0.05, 0.1) is 0 Å². The van der Waals surface area contributed by atoms with Gasteiger partial charge in [-0.15, -0.1) is 0 Å². The molecule has 0 aromatic heterocycles. The Morgan fingerprint density at radius 2 is 1.56 bits per heavy atom. The molecule has 0 spiro atoms. The van der Waals surface area contributed by atoms with Gasteiger partial charge in [-0.25, -0.2) is 10.4 Å². The molecule has 1 N–H and O–H groups in total. The monoisotopic (exact) mass is 246 g/mol. The van der Waals surface area contributed by atoms with Gasteiger partial charge in [-0.05, 0) is 57.2 Å². The molecule has 1 aliphatic rings. The van der Waals surface area contributed by atoms with Crippen molar-refractivity contribution in [3.63, 3.8) is 0 Å². The number of piperidine rings is 1. The Bertz CT molecular complexity index is 383. The molecule has 1 saturated heterocycles. The summed E-state index contributed by atoms with van der Waals surface area (Å²) in [6.07, 6.45) is 4.03. The Hall–Kier alpha value is -0.860. The maximum absolute atomic E-state index is 3.67. The molecule has 0 amide bonds. The minimum atomic E-state index is 0.406. The third kappa shape index (κ3) is 3.12. The van der Waals surface area contributed by atoms with Crippen LogP contribution in [0.2, 0.25) is 0 Å². The van der Waals surface area contributed by atoms with Gasteiger partial charge in [0, 0.05) is 19.1 Å². The Kier molecular flexibility index (Phi) is 4.41. The van der Waals surface area contributed by atoms with Gasteiger partial charge in [-0.3, -0.25) is 0 Å². The van der Waals surface area contributed by atoms with E-state index in [2.05, 4.69) is 50.3 Å². The van der Waals surface area contributed by atoms with Crippen LogP contribution in [0.5, 0.6) is 0 Å². The van der Waals surface area contributed by atoms with Crippen molar-refractivity contribution in [2.75, 3.05) is 13.1 Å². The second-order valence-corrected chi connectivity index (χ2v) is 5.71. The van der Waals surface area contributed by atoms with Gasteiger partial charge in [0.1, 0.15) is 0 Å².